The Hall–Kier alpha value is 0.360. The monoisotopic (exact) mass is 486 g/mol. The van der Waals surface area contributed by atoms with Crippen LogP contribution < -0.4 is 9.47 Å². The summed E-state index contributed by atoms with van der Waals surface area (Å²) in [4.78, 5) is 0. The van der Waals surface area contributed by atoms with Crippen LogP contribution in [0.2, 0.25) is 40.2 Å². The van der Waals surface area contributed by atoms with E-state index in [1.807, 2.05) is 0 Å². The highest BCUT2D eigenvalue weighted by Gasteiger charge is 2.29. The highest BCUT2D eigenvalue weighted by Crippen LogP contribution is 2.56. The Balaban J connectivity index is 2.99. The molecule has 0 aliphatic heterocycles. The molecule has 0 fully saturated rings. The van der Waals surface area contributed by atoms with Crippen LogP contribution in [0.25, 0.3) is 11.1 Å². The van der Waals surface area contributed by atoms with Crippen LogP contribution in [0, 0.1) is 0 Å². The minimum absolute atomic E-state index is 0.0315. The van der Waals surface area contributed by atoms with Crippen LogP contribution in [0.15, 0.2) is 0 Å². The average molecular weight is 490 g/mol. The summed E-state index contributed by atoms with van der Waals surface area (Å²) in [5.41, 5.74) is 0.353. The second kappa shape index (κ2) is 7.94. The first-order valence-corrected chi connectivity index (χ1v) is 9.01. The maximum absolute atomic E-state index is 6.32. The summed E-state index contributed by atoms with van der Waals surface area (Å²) in [6.45, 7) is 0. The summed E-state index contributed by atoms with van der Waals surface area (Å²) in [5, 5.41) is 0.288. The average Bonchev–Trinajstić information content (AvgIpc) is 2.55. The van der Waals surface area contributed by atoms with Crippen LogP contribution in [-0.2, 0) is 0 Å². The van der Waals surface area contributed by atoms with Gasteiger partial charge in [0.1, 0.15) is 20.1 Å². The number of benzene rings is 2. The van der Waals surface area contributed by atoms with Gasteiger partial charge >= 0.3 is 0 Å². The molecular weight excluding hydrogens is 484 g/mol. The molecule has 0 heterocycles. The number of ether oxygens (including phenoxy) is 2. The van der Waals surface area contributed by atoms with Gasteiger partial charge in [-0.3, -0.25) is 0 Å². The molecule has 2 aromatic rings. The van der Waals surface area contributed by atoms with Gasteiger partial charge in [0, 0.05) is 11.1 Å². The van der Waals surface area contributed by atoms with Crippen molar-refractivity contribution in [1.29, 1.82) is 0 Å². The van der Waals surface area contributed by atoms with Crippen molar-refractivity contribution < 1.29 is 9.47 Å². The van der Waals surface area contributed by atoms with Crippen molar-refractivity contribution >= 4 is 92.8 Å². The largest absolute Gasteiger partial charge is 0.494 e. The van der Waals surface area contributed by atoms with Crippen LogP contribution in [0.1, 0.15) is 0 Å². The molecule has 10 heteroatoms. The van der Waals surface area contributed by atoms with Crippen LogP contribution in [0.4, 0.5) is 0 Å². The lowest BCUT2D eigenvalue weighted by Gasteiger charge is -2.19. The Kier molecular flexibility index (Phi) is 6.84. The van der Waals surface area contributed by atoms with Crippen molar-refractivity contribution in [2.24, 2.45) is 0 Å². The molecule has 0 unspecified atom stereocenters. The first kappa shape index (κ1) is 20.7. The van der Waals surface area contributed by atoms with E-state index in [0.717, 1.165) is 0 Å². The highest BCUT2D eigenvalue weighted by atomic mass is 35.5. The van der Waals surface area contributed by atoms with E-state index in [2.05, 4.69) is 0 Å². The molecule has 0 saturated heterocycles. The lowest BCUT2D eigenvalue weighted by atomic mass is 10.0. The molecule has 0 aliphatic rings. The molecule has 0 spiro atoms. The third kappa shape index (κ3) is 3.21. The highest BCUT2D eigenvalue weighted by molar-refractivity contribution is 6.55. The smallest absolute Gasteiger partial charge is 0.159 e. The van der Waals surface area contributed by atoms with Gasteiger partial charge in [0.15, 0.2) is 11.5 Å². The second-order valence-electron chi connectivity index (χ2n) is 4.33. The number of methoxy groups -OCH3 is 2. The molecule has 0 amide bonds. The molecule has 0 aromatic heterocycles. The van der Waals surface area contributed by atoms with Crippen molar-refractivity contribution in [3.63, 3.8) is 0 Å². The van der Waals surface area contributed by atoms with E-state index in [1.165, 1.54) is 14.2 Å². The summed E-state index contributed by atoms with van der Waals surface area (Å²) in [6, 6.07) is 0. The number of hydrogen-bond acceptors (Lipinski definition) is 2. The Morgan fingerprint density at radius 2 is 0.625 bits per heavy atom. The molecule has 0 radical (unpaired) electrons. The molecule has 0 aliphatic carbocycles. The summed E-state index contributed by atoms with van der Waals surface area (Å²) < 4.78 is 10.2. The minimum atomic E-state index is 0.0315. The van der Waals surface area contributed by atoms with E-state index < -0.39 is 0 Å². The van der Waals surface area contributed by atoms with E-state index in [0.29, 0.717) is 0 Å². The molecule has 130 valence electrons. The molecular formula is C14H6Cl8O2. The zero-order valence-corrected chi connectivity index (χ0v) is 17.9. The number of halogens is 8. The van der Waals surface area contributed by atoms with Crippen LogP contribution in [0.3, 0.4) is 0 Å². The summed E-state index contributed by atoms with van der Waals surface area (Å²) in [6.07, 6.45) is 0. The lowest BCUT2D eigenvalue weighted by Crippen LogP contribution is -1.95. The quantitative estimate of drug-likeness (QED) is 0.402. The van der Waals surface area contributed by atoms with Crippen LogP contribution >= 0.6 is 92.8 Å². The fraction of sp³-hybridized carbons (Fsp3) is 0.143. The van der Waals surface area contributed by atoms with Gasteiger partial charge in [-0.1, -0.05) is 92.8 Å². The number of rotatable bonds is 3. The van der Waals surface area contributed by atoms with Gasteiger partial charge in [0.25, 0.3) is 0 Å². The standard InChI is InChI=1S/C14H6Cl8O2/c1-23-13-9(19)5(15)3(6(16)10(13)20)4-7(17)11(21)14(24-2)12(22)8(4)18/h1-2H3. The van der Waals surface area contributed by atoms with Crippen molar-refractivity contribution in [2.45, 2.75) is 0 Å². The fourth-order valence-corrected chi connectivity index (χ4v) is 4.38. The Morgan fingerprint density at radius 1 is 0.417 bits per heavy atom. The van der Waals surface area contributed by atoms with Gasteiger partial charge in [0.05, 0.1) is 34.3 Å². The second-order valence-corrected chi connectivity index (χ2v) is 7.35. The van der Waals surface area contributed by atoms with Gasteiger partial charge < -0.3 is 9.47 Å². The van der Waals surface area contributed by atoms with E-state index in [-0.39, 0.29) is 62.8 Å². The topological polar surface area (TPSA) is 18.5 Å². The van der Waals surface area contributed by atoms with Crippen LogP contribution in [0.5, 0.6) is 11.5 Å². The van der Waals surface area contributed by atoms with Gasteiger partial charge in [0.2, 0.25) is 0 Å². The zero-order chi connectivity index (χ0) is 18.3. The lowest BCUT2D eigenvalue weighted by molar-refractivity contribution is 0.415. The van der Waals surface area contributed by atoms with Gasteiger partial charge in [-0.25, -0.2) is 0 Å². The molecule has 0 saturated carbocycles. The molecule has 2 nitrogen and oxygen atoms in total. The maximum Gasteiger partial charge on any atom is 0.159 e. The van der Waals surface area contributed by atoms with E-state index in [1.54, 1.807) is 0 Å². The Morgan fingerprint density at radius 3 is 0.792 bits per heavy atom. The molecule has 2 aromatic carbocycles. The summed E-state index contributed by atoms with van der Waals surface area (Å²) in [7, 11) is 2.75. The summed E-state index contributed by atoms with van der Waals surface area (Å²) >= 11 is 50.1. The number of hydrogen-bond donors (Lipinski definition) is 0. The minimum Gasteiger partial charge on any atom is -0.494 e. The van der Waals surface area contributed by atoms with Crippen molar-refractivity contribution in [3.05, 3.63) is 40.2 Å². The van der Waals surface area contributed by atoms with Gasteiger partial charge in [-0.2, -0.15) is 0 Å². The SMILES string of the molecule is COc1c(Cl)c(Cl)c(-c2c(Cl)c(Cl)c(OC)c(Cl)c2Cl)c(Cl)c1Cl. The van der Waals surface area contributed by atoms with Crippen molar-refractivity contribution in [1.82, 2.24) is 0 Å². The molecule has 0 atom stereocenters. The zero-order valence-electron chi connectivity index (χ0n) is 11.8. The van der Waals surface area contributed by atoms with E-state index >= 15 is 0 Å². The Labute approximate surface area is 178 Å². The Bertz CT molecular complexity index is 707. The first-order valence-electron chi connectivity index (χ1n) is 5.99. The van der Waals surface area contributed by atoms with Gasteiger partial charge in [-0.05, 0) is 0 Å². The third-order valence-corrected chi connectivity index (χ3v) is 6.45. The molecule has 2 rings (SSSR count). The van der Waals surface area contributed by atoms with Crippen molar-refractivity contribution in [3.8, 4) is 22.6 Å². The van der Waals surface area contributed by atoms with Gasteiger partial charge in [-0.15, -0.1) is 0 Å². The van der Waals surface area contributed by atoms with Crippen LogP contribution in [-0.4, -0.2) is 14.2 Å². The molecule has 24 heavy (non-hydrogen) atoms. The fourth-order valence-electron chi connectivity index (χ4n) is 2.02. The molecule has 0 N–H and O–H groups in total. The predicted molar refractivity (Wildman–Crippen MR) is 105 cm³/mol. The first-order chi connectivity index (χ1) is 11.2. The maximum atomic E-state index is 6.32. The van der Waals surface area contributed by atoms with E-state index in [4.69, 9.17) is 102 Å². The predicted octanol–water partition coefficient (Wildman–Crippen LogP) is 8.60. The van der Waals surface area contributed by atoms with Crippen molar-refractivity contribution in [2.75, 3.05) is 14.2 Å². The summed E-state index contributed by atoms with van der Waals surface area (Å²) in [5.74, 6) is 0.241. The normalized spacial score (nSPS) is 10.9. The third-order valence-electron chi connectivity index (χ3n) is 3.10. The molecule has 0 bridgehead atoms. The van der Waals surface area contributed by atoms with E-state index in [9.17, 15) is 0 Å².